The van der Waals surface area contributed by atoms with Crippen LogP contribution in [0.2, 0.25) is 0 Å². The van der Waals surface area contributed by atoms with Crippen molar-refractivity contribution in [3.63, 3.8) is 0 Å². The van der Waals surface area contributed by atoms with Gasteiger partial charge >= 0.3 is 12.2 Å². The van der Waals surface area contributed by atoms with Crippen molar-refractivity contribution in [1.82, 2.24) is 20.6 Å². The Morgan fingerprint density at radius 2 is 1.73 bits per heavy atom. The summed E-state index contributed by atoms with van der Waals surface area (Å²) in [5.74, 6) is -1.20. The van der Waals surface area contributed by atoms with Gasteiger partial charge in [-0.15, -0.1) is 0 Å². The van der Waals surface area contributed by atoms with Gasteiger partial charge in [0.2, 0.25) is 5.82 Å². The maximum atomic E-state index is 12.5. The molecule has 1 atom stereocenters. The molecule has 2 amide bonds. The van der Waals surface area contributed by atoms with Crippen molar-refractivity contribution >= 4 is 6.03 Å². The molecular weight excluding hydrogens is 345 g/mol. The number of urea groups is 1. The van der Waals surface area contributed by atoms with Crippen LogP contribution in [-0.4, -0.2) is 16.0 Å². The first kappa shape index (κ1) is 18.2. The van der Waals surface area contributed by atoms with E-state index in [2.05, 4.69) is 34.4 Å². The molecule has 26 heavy (non-hydrogen) atoms. The van der Waals surface area contributed by atoms with Gasteiger partial charge in [0.25, 0.3) is 0 Å². The van der Waals surface area contributed by atoms with E-state index in [0.717, 1.165) is 24.4 Å². The van der Waals surface area contributed by atoms with Gasteiger partial charge in [-0.05, 0) is 17.4 Å². The predicted molar refractivity (Wildman–Crippen MR) is 88.9 cm³/mol. The van der Waals surface area contributed by atoms with E-state index in [1.807, 2.05) is 30.3 Å². The number of nitrogens with one attached hydrogen (secondary N) is 2. The Kier molecular flexibility index (Phi) is 4.37. The normalized spacial score (nSPS) is 21.1. The van der Waals surface area contributed by atoms with Gasteiger partial charge in [0.15, 0.2) is 0 Å². The van der Waals surface area contributed by atoms with Gasteiger partial charge in [-0.2, -0.15) is 13.2 Å². The Hall–Kier alpha value is -2.64. The van der Waals surface area contributed by atoms with Crippen molar-refractivity contribution in [2.45, 2.75) is 38.5 Å². The van der Waals surface area contributed by atoms with E-state index in [1.165, 1.54) is 0 Å². The Labute approximate surface area is 149 Å². The highest BCUT2D eigenvalue weighted by molar-refractivity contribution is 5.76. The van der Waals surface area contributed by atoms with E-state index in [9.17, 15) is 18.0 Å². The van der Waals surface area contributed by atoms with E-state index in [-0.39, 0.29) is 18.0 Å². The molecule has 1 heterocycles. The summed E-state index contributed by atoms with van der Waals surface area (Å²) >= 11 is 0. The van der Waals surface area contributed by atoms with E-state index in [0.29, 0.717) is 5.56 Å². The minimum Gasteiger partial charge on any atom is -0.334 e. The quantitative estimate of drug-likeness (QED) is 0.871. The molecule has 1 aliphatic carbocycles. The van der Waals surface area contributed by atoms with Gasteiger partial charge in [-0.3, -0.25) is 0 Å². The smallest absolute Gasteiger partial charge is 0.334 e. The summed E-state index contributed by atoms with van der Waals surface area (Å²) in [5.41, 5.74) is 0.882. The lowest BCUT2D eigenvalue weighted by Crippen LogP contribution is -2.44. The Bertz CT molecular complexity index is 790. The maximum absolute atomic E-state index is 12.5. The number of benzene rings is 1. The van der Waals surface area contributed by atoms with Crippen molar-refractivity contribution in [2.75, 3.05) is 0 Å². The fourth-order valence-electron chi connectivity index (χ4n) is 3.13. The van der Waals surface area contributed by atoms with Crippen LogP contribution >= 0.6 is 0 Å². The minimum absolute atomic E-state index is 0.0370. The number of amides is 2. The molecule has 1 aromatic heterocycles. The molecule has 1 unspecified atom stereocenters. The second kappa shape index (κ2) is 6.26. The zero-order valence-electron chi connectivity index (χ0n) is 14.4. The number of carbonyl (C=O) groups excluding carboxylic acids is 1. The lowest BCUT2D eigenvalue weighted by atomic mass is 9.96. The minimum atomic E-state index is -4.58. The van der Waals surface area contributed by atoms with Crippen LogP contribution in [0.15, 0.2) is 42.7 Å². The van der Waals surface area contributed by atoms with Crippen LogP contribution in [0.4, 0.5) is 18.0 Å². The molecule has 0 spiro atoms. The number of rotatable bonds is 4. The van der Waals surface area contributed by atoms with Gasteiger partial charge in [0.1, 0.15) is 0 Å². The Morgan fingerprint density at radius 1 is 1.15 bits per heavy atom. The van der Waals surface area contributed by atoms with Crippen LogP contribution in [0.1, 0.15) is 37.2 Å². The largest absolute Gasteiger partial charge is 0.451 e. The van der Waals surface area contributed by atoms with Gasteiger partial charge in [0.05, 0.1) is 5.54 Å². The number of hydrogen-bond acceptors (Lipinski definition) is 3. The van der Waals surface area contributed by atoms with E-state index in [4.69, 9.17) is 0 Å². The SMILES string of the molecule is CC1(C)CC1(NC(=O)NCc1cnc(C(F)(F)F)nc1)c1ccccc1. The number of aromatic nitrogens is 2. The second-order valence-corrected chi connectivity index (χ2v) is 7.05. The Balaban J connectivity index is 1.62. The number of alkyl halides is 3. The summed E-state index contributed by atoms with van der Waals surface area (Å²) < 4.78 is 37.4. The fraction of sp³-hybridized carbons (Fsp3) is 0.389. The van der Waals surface area contributed by atoms with Gasteiger partial charge in [0, 0.05) is 24.5 Å². The zero-order chi connectivity index (χ0) is 19.0. The summed E-state index contributed by atoms with van der Waals surface area (Å²) in [5, 5.41) is 5.66. The summed E-state index contributed by atoms with van der Waals surface area (Å²) in [4.78, 5) is 18.9. The van der Waals surface area contributed by atoms with Crippen LogP contribution in [-0.2, 0) is 18.3 Å². The third kappa shape index (κ3) is 3.49. The first-order valence-electron chi connectivity index (χ1n) is 8.14. The molecule has 0 radical (unpaired) electrons. The van der Waals surface area contributed by atoms with Crippen molar-refractivity contribution in [3.05, 3.63) is 59.7 Å². The standard InChI is InChI=1S/C18H19F3N4O/c1-16(2)11-17(16,13-6-4-3-5-7-13)25-15(26)24-10-12-8-22-14(23-9-12)18(19,20)21/h3-9H,10-11H2,1-2H3,(H2,24,25,26). The number of carbonyl (C=O) groups is 1. The van der Waals surface area contributed by atoms with Crippen molar-refractivity contribution in [2.24, 2.45) is 5.41 Å². The van der Waals surface area contributed by atoms with Gasteiger partial charge in [-0.25, -0.2) is 14.8 Å². The molecule has 1 fully saturated rings. The van der Waals surface area contributed by atoms with E-state index < -0.39 is 17.5 Å². The van der Waals surface area contributed by atoms with Crippen LogP contribution < -0.4 is 10.6 Å². The van der Waals surface area contributed by atoms with Crippen LogP contribution in [0.25, 0.3) is 0 Å². The van der Waals surface area contributed by atoms with E-state index >= 15 is 0 Å². The summed E-state index contributed by atoms with van der Waals surface area (Å²) in [7, 11) is 0. The Morgan fingerprint density at radius 3 is 2.23 bits per heavy atom. The van der Waals surface area contributed by atoms with Crippen molar-refractivity contribution < 1.29 is 18.0 Å². The lowest BCUT2D eigenvalue weighted by molar-refractivity contribution is -0.145. The van der Waals surface area contributed by atoms with Crippen LogP contribution in [0.3, 0.4) is 0 Å². The molecule has 138 valence electrons. The van der Waals surface area contributed by atoms with Gasteiger partial charge in [-0.1, -0.05) is 44.2 Å². The fourth-order valence-corrected chi connectivity index (χ4v) is 3.13. The van der Waals surface area contributed by atoms with Crippen molar-refractivity contribution in [3.8, 4) is 0 Å². The molecule has 0 aliphatic heterocycles. The van der Waals surface area contributed by atoms with E-state index in [1.54, 1.807) is 0 Å². The average Bonchev–Trinajstić information content (AvgIpc) is 3.15. The van der Waals surface area contributed by atoms with Crippen LogP contribution in [0.5, 0.6) is 0 Å². The molecule has 0 bridgehead atoms. The lowest BCUT2D eigenvalue weighted by Gasteiger charge is -2.23. The zero-order valence-corrected chi connectivity index (χ0v) is 14.4. The average molecular weight is 364 g/mol. The van der Waals surface area contributed by atoms with Crippen molar-refractivity contribution in [1.29, 1.82) is 0 Å². The number of hydrogen-bond donors (Lipinski definition) is 2. The summed E-state index contributed by atoms with van der Waals surface area (Å²) in [6.45, 7) is 4.18. The maximum Gasteiger partial charge on any atom is 0.451 e. The molecule has 3 rings (SSSR count). The molecule has 1 saturated carbocycles. The predicted octanol–water partition coefficient (Wildman–Crippen LogP) is 3.62. The highest BCUT2D eigenvalue weighted by Crippen LogP contribution is 2.62. The molecule has 2 aromatic rings. The topological polar surface area (TPSA) is 66.9 Å². The number of halogens is 3. The number of nitrogens with zero attached hydrogens (tertiary/aromatic N) is 2. The summed E-state index contributed by atoms with van der Waals surface area (Å²) in [6, 6.07) is 9.31. The molecule has 1 aliphatic rings. The highest BCUT2D eigenvalue weighted by Gasteiger charge is 2.63. The molecule has 2 N–H and O–H groups in total. The summed E-state index contributed by atoms with van der Waals surface area (Å²) in [6.07, 6.45) is -1.65. The second-order valence-electron chi connectivity index (χ2n) is 7.05. The molecule has 0 saturated heterocycles. The highest BCUT2D eigenvalue weighted by atomic mass is 19.4. The molecule has 1 aromatic carbocycles. The monoisotopic (exact) mass is 364 g/mol. The third-order valence-electron chi connectivity index (χ3n) is 4.74. The first-order chi connectivity index (χ1) is 12.1. The third-order valence-corrected chi connectivity index (χ3v) is 4.74. The van der Waals surface area contributed by atoms with Gasteiger partial charge < -0.3 is 10.6 Å². The molecular formula is C18H19F3N4O. The van der Waals surface area contributed by atoms with Crippen LogP contribution in [0, 0.1) is 5.41 Å². The molecule has 5 nitrogen and oxygen atoms in total. The molecule has 8 heteroatoms. The first-order valence-corrected chi connectivity index (χ1v) is 8.14.